The highest BCUT2D eigenvalue weighted by molar-refractivity contribution is 7.71. The Bertz CT molecular complexity index is 856. The molecule has 3 rings (SSSR count). The van der Waals surface area contributed by atoms with E-state index in [9.17, 15) is 13.2 Å². The lowest BCUT2D eigenvalue weighted by Crippen LogP contribution is -2.03. The fourth-order valence-electron chi connectivity index (χ4n) is 2.01. The van der Waals surface area contributed by atoms with E-state index in [1.54, 1.807) is 30.3 Å². The SMILES string of the molecule is Fc1cc(F)c(F)c(-n2c(-c3ccccc3)n[nH]c2=S)c1. The molecule has 0 atom stereocenters. The molecule has 2 aromatic carbocycles. The maximum Gasteiger partial charge on any atom is 0.200 e. The lowest BCUT2D eigenvalue weighted by molar-refractivity contribution is 0.490. The standard InChI is InChI=1S/C14H8F3N3S/c15-9-6-10(16)12(17)11(7-9)20-13(18-19-14(20)21)8-4-2-1-3-5-8/h1-7H,(H,19,21). The Hall–Kier alpha value is -2.41. The van der Waals surface area contributed by atoms with Gasteiger partial charge in [-0.25, -0.2) is 13.2 Å². The number of rotatable bonds is 2. The first-order chi connectivity index (χ1) is 10.1. The highest BCUT2D eigenvalue weighted by Crippen LogP contribution is 2.25. The number of aromatic amines is 1. The van der Waals surface area contributed by atoms with E-state index in [1.807, 2.05) is 0 Å². The van der Waals surface area contributed by atoms with Gasteiger partial charge in [0.25, 0.3) is 0 Å². The van der Waals surface area contributed by atoms with Crippen molar-refractivity contribution in [2.75, 3.05) is 0 Å². The summed E-state index contributed by atoms with van der Waals surface area (Å²) in [5.74, 6) is -3.10. The molecule has 21 heavy (non-hydrogen) atoms. The Morgan fingerprint density at radius 3 is 2.48 bits per heavy atom. The molecule has 1 N–H and O–H groups in total. The first kappa shape index (κ1) is 13.6. The number of aromatic nitrogens is 3. The third kappa shape index (κ3) is 2.36. The van der Waals surface area contributed by atoms with Crippen molar-refractivity contribution in [3.63, 3.8) is 0 Å². The zero-order chi connectivity index (χ0) is 15.0. The van der Waals surface area contributed by atoms with E-state index in [-0.39, 0.29) is 16.3 Å². The Labute approximate surface area is 122 Å². The maximum atomic E-state index is 14.0. The van der Waals surface area contributed by atoms with E-state index in [1.165, 1.54) is 0 Å². The molecular weight excluding hydrogens is 299 g/mol. The van der Waals surface area contributed by atoms with Crippen molar-refractivity contribution in [1.82, 2.24) is 14.8 Å². The molecule has 3 aromatic rings. The van der Waals surface area contributed by atoms with Crippen LogP contribution in [0.25, 0.3) is 17.1 Å². The molecule has 0 radical (unpaired) electrons. The van der Waals surface area contributed by atoms with E-state index in [0.717, 1.165) is 10.6 Å². The molecule has 0 aliphatic carbocycles. The minimum absolute atomic E-state index is 0.0396. The van der Waals surface area contributed by atoms with Gasteiger partial charge in [-0.15, -0.1) is 0 Å². The fraction of sp³-hybridized carbons (Fsp3) is 0. The van der Waals surface area contributed by atoms with Crippen LogP contribution in [-0.4, -0.2) is 14.8 Å². The van der Waals surface area contributed by atoms with Gasteiger partial charge < -0.3 is 0 Å². The third-order valence-electron chi connectivity index (χ3n) is 2.92. The molecule has 0 spiro atoms. The second-order valence-electron chi connectivity index (χ2n) is 4.27. The predicted molar refractivity (Wildman–Crippen MR) is 74.1 cm³/mol. The molecule has 0 bridgehead atoms. The van der Waals surface area contributed by atoms with Crippen LogP contribution >= 0.6 is 12.2 Å². The topological polar surface area (TPSA) is 33.6 Å². The van der Waals surface area contributed by atoms with Gasteiger partial charge in [0.15, 0.2) is 22.2 Å². The summed E-state index contributed by atoms with van der Waals surface area (Å²) in [6, 6.07) is 10.1. The average Bonchev–Trinajstić information content (AvgIpc) is 2.85. The van der Waals surface area contributed by atoms with Gasteiger partial charge in [-0.1, -0.05) is 30.3 Å². The predicted octanol–water partition coefficient (Wildman–Crippen LogP) is 4.01. The normalized spacial score (nSPS) is 10.8. The zero-order valence-electron chi connectivity index (χ0n) is 10.5. The molecule has 0 amide bonds. The van der Waals surface area contributed by atoms with Crippen LogP contribution < -0.4 is 0 Å². The minimum atomic E-state index is -1.29. The molecule has 0 aliphatic heterocycles. The lowest BCUT2D eigenvalue weighted by atomic mass is 10.2. The van der Waals surface area contributed by atoms with Gasteiger partial charge in [-0.2, -0.15) is 5.10 Å². The number of hydrogen-bond donors (Lipinski definition) is 1. The number of benzene rings is 2. The molecule has 106 valence electrons. The van der Waals surface area contributed by atoms with Crippen molar-refractivity contribution < 1.29 is 13.2 Å². The molecule has 0 saturated heterocycles. The summed E-state index contributed by atoms with van der Waals surface area (Å²) in [6.45, 7) is 0. The number of hydrogen-bond acceptors (Lipinski definition) is 2. The lowest BCUT2D eigenvalue weighted by Gasteiger charge is -2.09. The van der Waals surface area contributed by atoms with Gasteiger partial charge in [-0.3, -0.25) is 9.67 Å². The van der Waals surface area contributed by atoms with Crippen LogP contribution in [0, 0.1) is 22.2 Å². The maximum absolute atomic E-state index is 14.0. The van der Waals surface area contributed by atoms with E-state index < -0.39 is 17.5 Å². The molecule has 0 fully saturated rings. The quantitative estimate of drug-likeness (QED) is 0.573. The third-order valence-corrected chi connectivity index (χ3v) is 3.19. The summed E-state index contributed by atoms with van der Waals surface area (Å²) < 4.78 is 42.0. The number of nitrogens with one attached hydrogen (secondary N) is 1. The van der Waals surface area contributed by atoms with Crippen molar-refractivity contribution in [3.8, 4) is 17.1 Å². The van der Waals surface area contributed by atoms with Crippen LogP contribution in [0.4, 0.5) is 13.2 Å². The summed E-state index contributed by atoms with van der Waals surface area (Å²) in [5, 5.41) is 6.50. The van der Waals surface area contributed by atoms with E-state index >= 15 is 0 Å². The van der Waals surface area contributed by atoms with Crippen LogP contribution in [0.15, 0.2) is 42.5 Å². The van der Waals surface area contributed by atoms with Gasteiger partial charge in [0, 0.05) is 17.7 Å². The Morgan fingerprint density at radius 1 is 1.05 bits per heavy atom. The van der Waals surface area contributed by atoms with Crippen molar-refractivity contribution in [3.05, 3.63) is 64.7 Å². The number of H-pyrrole nitrogens is 1. The average molecular weight is 307 g/mol. The smallest absolute Gasteiger partial charge is 0.200 e. The monoisotopic (exact) mass is 307 g/mol. The van der Waals surface area contributed by atoms with Gasteiger partial charge in [0.1, 0.15) is 5.82 Å². The van der Waals surface area contributed by atoms with Crippen molar-refractivity contribution in [2.24, 2.45) is 0 Å². The van der Waals surface area contributed by atoms with Crippen molar-refractivity contribution >= 4 is 12.2 Å². The summed E-state index contributed by atoms with van der Waals surface area (Å²) >= 11 is 5.03. The molecule has 1 heterocycles. The molecular formula is C14H8F3N3S. The van der Waals surface area contributed by atoms with Crippen LogP contribution in [0.2, 0.25) is 0 Å². The summed E-state index contributed by atoms with van der Waals surface area (Å²) in [6.07, 6.45) is 0. The summed E-state index contributed by atoms with van der Waals surface area (Å²) in [5.41, 5.74) is 0.305. The van der Waals surface area contributed by atoms with Crippen LogP contribution in [0.3, 0.4) is 0 Å². The molecule has 0 unspecified atom stereocenters. The Morgan fingerprint density at radius 2 is 1.76 bits per heavy atom. The van der Waals surface area contributed by atoms with Crippen molar-refractivity contribution in [2.45, 2.75) is 0 Å². The van der Waals surface area contributed by atoms with E-state index in [4.69, 9.17) is 12.2 Å². The van der Waals surface area contributed by atoms with Crippen molar-refractivity contribution in [1.29, 1.82) is 0 Å². The summed E-state index contributed by atoms with van der Waals surface area (Å²) in [7, 11) is 0. The van der Waals surface area contributed by atoms with Gasteiger partial charge in [-0.05, 0) is 12.2 Å². The largest absolute Gasteiger partial charge is 0.265 e. The van der Waals surface area contributed by atoms with E-state index in [0.29, 0.717) is 11.6 Å². The van der Waals surface area contributed by atoms with Crippen LogP contribution in [0.5, 0.6) is 0 Å². The first-order valence-electron chi connectivity index (χ1n) is 5.95. The minimum Gasteiger partial charge on any atom is -0.265 e. The highest BCUT2D eigenvalue weighted by Gasteiger charge is 2.18. The Kier molecular flexibility index (Phi) is 3.34. The number of nitrogens with zero attached hydrogens (tertiary/aromatic N) is 2. The molecule has 0 aliphatic rings. The molecule has 3 nitrogen and oxygen atoms in total. The highest BCUT2D eigenvalue weighted by atomic mass is 32.1. The number of halogens is 3. The molecule has 1 aromatic heterocycles. The Balaban J connectivity index is 2.30. The summed E-state index contributed by atoms with van der Waals surface area (Å²) in [4.78, 5) is 0. The molecule has 0 saturated carbocycles. The zero-order valence-corrected chi connectivity index (χ0v) is 11.3. The second-order valence-corrected chi connectivity index (χ2v) is 4.66. The van der Waals surface area contributed by atoms with Crippen LogP contribution in [0.1, 0.15) is 0 Å². The first-order valence-corrected chi connectivity index (χ1v) is 6.36. The molecule has 7 heteroatoms. The van der Waals surface area contributed by atoms with Gasteiger partial charge >= 0.3 is 0 Å². The van der Waals surface area contributed by atoms with Gasteiger partial charge in [0.2, 0.25) is 0 Å². The van der Waals surface area contributed by atoms with Gasteiger partial charge in [0.05, 0.1) is 5.69 Å². The van der Waals surface area contributed by atoms with E-state index in [2.05, 4.69) is 10.2 Å². The fourth-order valence-corrected chi connectivity index (χ4v) is 2.24. The second kappa shape index (κ2) is 5.17. The van der Waals surface area contributed by atoms with Crippen LogP contribution in [-0.2, 0) is 0 Å².